The highest BCUT2D eigenvalue weighted by Gasteiger charge is 2.07. The van der Waals surface area contributed by atoms with Crippen LogP contribution in [0.1, 0.15) is 24.6 Å². The molecule has 2 atom stereocenters. The second kappa shape index (κ2) is 6.05. The molecular weight excluding hydrogens is 268 g/mol. The molecule has 0 fully saturated rings. The summed E-state index contributed by atoms with van der Waals surface area (Å²) < 4.78 is 0. The van der Waals surface area contributed by atoms with E-state index in [4.69, 9.17) is 11.6 Å². The maximum absolute atomic E-state index is 6.20. The summed E-state index contributed by atoms with van der Waals surface area (Å²) >= 11 is 11.5. The van der Waals surface area contributed by atoms with Crippen LogP contribution in [-0.2, 0) is 6.42 Å². The maximum Gasteiger partial charge on any atom is 0.0384 e. The highest BCUT2D eigenvalue weighted by atomic mass is 79.9. The van der Waals surface area contributed by atoms with Gasteiger partial charge >= 0.3 is 0 Å². The van der Waals surface area contributed by atoms with Crippen molar-refractivity contribution in [2.75, 3.05) is 0 Å². The number of alkyl halides is 2. The second-order valence-electron chi connectivity index (χ2n) is 3.24. The summed E-state index contributed by atoms with van der Waals surface area (Å²) in [6, 6.07) is 4.23. The molecule has 1 aromatic heterocycles. The topological polar surface area (TPSA) is 0 Å². The Morgan fingerprint density at radius 3 is 2.85 bits per heavy atom. The molecule has 1 aromatic rings. The van der Waals surface area contributed by atoms with Gasteiger partial charge in [0, 0.05) is 15.1 Å². The molecule has 1 heterocycles. The standard InChI is InChI=1S/C10H14BrClS/c1-8(11)4-5-9(12)7-10-3-2-6-13-10/h2-3,6,8-9H,4-5,7H2,1H3. The minimum atomic E-state index is 0.290. The molecular formula is C10H14BrClS. The van der Waals surface area contributed by atoms with E-state index in [9.17, 15) is 0 Å². The highest BCUT2D eigenvalue weighted by molar-refractivity contribution is 9.09. The Bertz CT molecular complexity index is 221. The van der Waals surface area contributed by atoms with Crippen LogP contribution < -0.4 is 0 Å². The zero-order valence-electron chi connectivity index (χ0n) is 7.67. The van der Waals surface area contributed by atoms with Crippen molar-refractivity contribution in [1.82, 2.24) is 0 Å². The molecule has 0 N–H and O–H groups in total. The molecule has 0 aliphatic rings. The Morgan fingerprint density at radius 1 is 1.54 bits per heavy atom. The summed E-state index contributed by atoms with van der Waals surface area (Å²) in [6.45, 7) is 2.16. The maximum atomic E-state index is 6.20. The van der Waals surface area contributed by atoms with Crippen LogP contribution >= 0.6 is 38.9 Å². The van der Waals surface area contributed by atoms with Crippen LogP contribution in [0.2, 0.25) is 0 Å². The van der Waals surface area contributed by atoms with Gasteiger partial charge in [-0.05, 0) is 30.7 Å². The Balaban J connectivity index is 2.22. The summed E-state index contributed by atoms with van der Waals surface area (Å²) in [6.07, 6.45) is 3.25. The molecule has 0 radical (unpaired) electrons. The third-order valence-electron chi connectivity index (χ3n) is 1.88. The number of thiophene rings is 1. The lowest BCUT2D eigenvalue weighted by molar-refractivity contribution is 0.691. The van der Waals surface area contributed by atoms with Crippen LogP contribution in [0.4, 0.5) is 0 Å². The van der Waals surface area contributed by atoms with E-state index in [0.717, 1.165) is 19.3 Å². The fourth-order valence-corrected chi connectivity index (χ4v) is 2.59. The number of hydrogen-bond acceptors (Lipinski definition) is 1. The SMILES string of the molecule is CC(Br)CCC(Cl)Cc1cccs1. The molecule has 1 rings (SSSR count). The van der Waals surface area contributed by atoms with Gasteiger partial charge in [-0.2, -0.15) is 0 Å². The summed E-state index contributed by atoms with van der Waals surface area (Å²) in [5, 5.41) is 2.39. The predicted molar refractivity (Wildman–Crippen MR) is 65.3 cm³/mol. The van der Waals surface area contributed by atoms with Gasteiger partial charge in [-0.25, -0.2) is 0 Å². The zero-order chi connectivity index (χ0) is 9.68. The van der Waals surface area contributed by atoms with E-state index in [0.29, 0.717) is 10.2 Å². The molecule has 0 saturated heterocycles. The Morgan fingerprint density at radius 2 is 2.31 bits per heavy atom. The lowest BCUT2D eigenvalue weighted by Gasteiger charge is -2.08. The van der Waals surface area contributed by atoms with E-state index in [2.05, 4.69) is 40.4 Å². The van der Waals surface area contributed by atoms with E-state index in [-0.39, 0.29) is 0 Å². The van der Waals surface area contributed by atoms with Crippen molar-refractivity contribution in [1.29, 1.82) is 0 Å². The fourth-order valence-electron chi connectivity index (χ4n) is 1.16. The van der Waals surface area contributed by atoms with Crippen molar-refractivity contribution in [3.63, 3.8) is 0 Å². The van der Waals surface area contributed by atoms with Gasteiger partial charge in [0.1, 0.15) is 0 Å². The van der Waals surface area contributed by atoms with Crippen molar-refractivity contribution in [2.24, 2.45) is 0 Å². The average molecular weight is 282 g/mol. The number of halogens is 2. The van der Waals surface area contributed by atoms with Crippen LogP contribution in [0.25, 0.3) is 0 Å². The average Bonchev–Trinajstić information content (AvgIpc) is 2.53. The van der Waals surface area contributed by atoms with Crippen LogP contribution in [0.5, 0.6) is 0 Å². The molecule has 3 heteroatoms. The van der Waals surface area contributed by atoms with Crippen LogP contribution in [0.15, 0.2) is 17.5 Å². The first kappa shape index (κ1) is 11.5. The lowest BCUT2D eigenvalue weighted by atomic mass is 10.1. The minimum absolute atomic E-state index is 0.290. The zero-order valence-corrected chi connectivity index (χ0v) is 10.8. The molecule has 13 heavy (non-hydrogen) atoms. The van der Waals surface area contributed by atoms with Gasteiger partial charge in [0.2, 0.25) is 0 Å². The largest absolute Gasteiger partial charge is 0.149 e. The van der Waals surface area contributed by atoms with E-state index in [1.807, 2.05) is 0 Å². The van der Waals surface area contributed by atoms with Gasteiger partial charge < -0.3 is 0 Å². The van der Waals surface area contributed by atoms with Crippen LogP contribution in [0.3, 0.4) is 0 Å². The van der Waals surface area contributed by atoms with Gasteiger partial charge in [-0.3, -0.25) is 0 Å². The molecule has 0 bridgehead atoms. The van der Waals surface area contributed by atoms with Crippen LogP contribution in [0, 0.1) is 0 Å². The summed E-state index contributed by atoms with van der Waals surface area (Å²) in [4.78, 5) is 1.97. The molecule has 0 saturated carbocycles. The van der Waals surface area contributed by atoms with E-state index in [1.165, 1.54) is 4.88 Å². The molecule has 0 aromatic carbocycles. The lowest BCUT2D eigenvalue weighted by Crippen LogP contribution is -2.04. The fraction of sp³-hybridized carbons (Fsp3) is 0.600. The van der Waals surface area contributed by atoms with Crippen LogP contribution in [-0.4, -0.2) is 10.2 Å². The van der Waals surface area contributed by atoms with Crippen molar-refractivity contribution < 1.29 is 0 Å². The first-order valence-electron chi connectivity index (χ1n) is 4.49. The minimum Gasteiger partial charge on any atom is -0.149 e. The Labute approximate surface area is 97.4 Å². The number of rotatable bonds is 5. The summed E-state index contributed by atoms with van der Waals surface area (Å²) in [5.41, 5.74) is 0. The predicted octanol–water partition coefficient (Wildman–Crippen LogP) is 4.46. The van der Waals surface area contributed by atoms with E-state index < -0.39 is 0 Å². The summed E-state index contributed by atoms with van der Waals surface area (Å²) in [5.74, 6) is 0. The van der Waals surface area contributed by atoms with Gasteiger partial charge in [0.05, 0.1) is 0 Å². The second-order valence-corrected chi connectivity index (χ2v) is 6.45. The third kappa shape index (κ3) is 5.04. The quantitative estimate of drug-likeness (QED) is 0.699. The Kier molecular flexibility index (Phi) is 5.37. The molecule has 2 unspecified atom stereocenters. The monoisotopic (exact) mass is 280 g/mol. The Hall–Kier alpha value is 0.470. The number of hydrogen-bond donors (Lipinski definition) is 0. The van der Waals surface area contributed by atoms with E-state index >= 15 is 0 Å². The molecule has 0 spiro atoms. The molecule has 0 aliphatic carbocycles. The first-order chi connectivity index (χ1) is 6.18. The smallest absolute Gasteiger partial charge is 0.0384 e. The van der Waals surface area contributed by atoms with Gasteiger partial charge in [0.25, 0.3) is 0 Å². The van der Waals surface area contributed by atoms with Gasteiger partial charge in [0.15, 0.2) is 0 Å². The van der Waals surface area contributed by atoms with Crippen molar-refractivity contribution in [2.45, 2.75) is 36.4 Å². The van der Waals surface area contributed by atoms with Gasteiger partial charge in [-0.15, -0.1) is 22.9 Å². The molecule has 74 valence electrons. The third-order valence-corrected chi connectivity index (χ3v) is 3.61. The molecule has 0 nitrogen and oxygen atoms in total. The molecule has 0 amide bonds. The van der Waals surface area contributed by atoms with Gasteiger partial charge in [-0.1, -0.05) is 28.9 Å². The van der Waals surface area contributed by atoms with Crippen molar-refractivity contribution in [3.8, 4) is 0 Å². The van der Waals surface area contributed by atoms with Crippen molar-refractivity contribution in [3.05, 3.63) is 22.4 Å². The normalized spacial score (nSPS) is 15.6. The highest BCUT2D eigenvalue weighted by Crippen LogP contribution is 2.19. The molecule has 0 aliphatic heterocycles. The van der Waals surface area contributed by atoms with E-state index in [1.54, 1.807) is 11.3 Å². The summed E-state index contributed by atoms with van der Waals surface area (Å²) in [7, 11) is 0. The van der Waals surface area contributed by atoms with Crippen molar-refractivity contribution >= 4 is 38.9 Å². The first-order valence-corrected chi connectivity index (χ1v) is 6.72.